The predicted molar refractivity (Wildman–Crippen MR) is 241 cm³/mol. The van der Waals surface area contributed by atoms with Crippen molar-refractivity contribution in [2.45, 2.75) is 177 Å². The molecule has 4 atom stereocenters. The summed E-state index contributed by atoms with van der Waals surface area (Å²) in [5.41, 5.74) is 6.20. The van der Waals surface area contributed by atoms with Crippen LogP contribution in [0.5, 0.6) is 23.0 Å². The van der Waals surface area contributed by atoms with E-state index in [1.807, 2.05) is 26.8 Å². The van der Waals surface area contributed by atoms with Crippen LogP contribution in [0.4, 0.5) is 0 Å². The molecule has 2 heterocycles. The third-order valence-corrected chi connectivity index (χ3v) is 11.4. The van der Waals surface area contributed by atoms with Crippen LogP contribution >= 0.6 is 0 Å². The molecule has 3 N–H and O–H groups in total. The Morgan fingerprint density at radius 1 is 0.783 bits per heavy atom. The van der Waals surface area contributed by atoms with Crippen molar-refractivity contribution in [1.82, 2.24) is 0 Å². The zero-order valence-electron chi connectivity index (χ0n) is 37.4. The SMILES string of the molecule is C.C=C(C)[C@@H]1CCC(C)=C[C@H]1c1c(O)cc(CCCCC)c2c1OC(C)(C)OC2=O.C=C(C)[C@H]1C=C[C@@](C)(O)CC1.CCCCCc1cc(O)cc2c1C(=O)OC(C)(C)O2. The summed E-state index contributed by atoms with van der Waals surface area (Å²) >= 11 is 0. The van der Waals surface area contributed by atoms with Crippen molar-refractivity contribution in [3.8, 4) is 23.0 Å². The Morgan fingerprint density at radius 2 is 1.35 bits per heavy atom. The van der Waals surface area contributed by atoms with E-state index in [1.165, 1.54) is 17.2 Å². The molecule has 0 amide bonds. The lowest BCUT2D eigenvalue weighted by atomic mass is 9.73. The molecule has 332 valence electrons. The number of hydrogen-bond donors (Lipinski definition) is 3. The number of aromatic hydroxyl groups is 2. The number of cyclic esters (lactones) is 2. The molecule has 0 unspecified atom stereocenters. The van der Waals surface area contributed by atoms with E-state index in [4.69, 9.17) is 18.9 Å². The molecule has 2 aromatic carbocycles. The first-order valence-electron chi connectivity index (χ1n) is 21.6. The highest BCUT2D eigenvalue weighted by Gasteiger charge is 2.41. The van der Waals surface area contributed by atoms with Gasteiger partial charge in [-0.25, -0.2) is 9.59 Å². The van der Waals surface area contributed by atoms with E-state index < -0.39 is 17.2 Å². The number of phenolic OH excluding ortho intramolecular Hbond substituents is 2. The monoisotopic (exact) mass is 831 g/mol. The molecular weight excluding hydrogens is 757 g/mol. The van der Waals surface area contributed by atoms with Gasteiger partial charge in [-0.05, 0) is 114 Å². The standard InChI is InChI=1S/C25H34O4.C15H20O4.C10H16O.CH4/c1-7-8-9-10-17-14-20(26)22(19-13-16(4)11-12-18(19)15(2)3)23-21(17)24(27)29-25(5,6)28-23;1-4-5-6-7-10-8-11(16)9-12-13(10)14(17)19-15(2,3)18-12;1-8(2)9-4-6-10(3,11)7-5-9;/h13-14,18-19,26H,2,7-12H2,1,3-6H3;8-9,16H,4-7H2,1-3H3;4,6,9,11H,1,5,7H2,2-3H3;1H4/t18-,19+;;9-,10+;/m0.0./s1. The van der Waals surface area contributed by atoms with Crippen LogP contribution in [0.3, 0.4) is 0 Å². The van der Waals surface area contributed by atoms with Crippen LogP contribution in [-0.4, -0.2) is 44.4 Å². The highest BCUT2D eigenvalue weighted by Crippen LogP contribution is 2.51. The summed E-state index contributed by atoms with van der Waals surface area (Å²) in [6.45, 7) is 27.2. The zero-order valence-corrected chi connectivity index (χ0v) is 37.4. The number of benzene rings is 2. The molecule has 60 heavy (non-hydrogen) atoms. The molecule has 2 aliphatic carbocycles. The number of carbonyl (C=O) groups excluding carboxylic acids is 2. The smallest absolute Gasteiger partial charge is 0.345 e. The van der Waals surface area contributed by atoms with E-state index in [0.717, 1.165) is 87.3 Å². The lowest BCUT2D eigenvalue weighted by molar-refractivity contribution is -0.129. The minimum Gasteiger partial charge on any atom is -0.508 e. The number of esters is 2. The van der Waals surface area contributed by atoms with Gasteiger partial charge in [0.15, 0.2) is 0 Å². The molecule has 4 aliphatic rings. The van der Waals surface area contributed by atoms with Gasteiger partial charge in [-0.15, -0.1) is 0 Å². The Hall–Kier alpha value is -4.50. The van der Waals surface area contributed by atoms with Crippen molar-refractivity contribution in [3.05, 3.63) is 94.1 Å². The van der Waals surface area contributed by atoms with Gasteiger partial charge >= 0.3 is 11.9 Å². The average Bonchev–Trinajstić information content (AvgIpc) is 3.10. The van der Waals surface area contributed by atoms with Crippen molar-refractivity contribution < 1.29 is 43.9 Å². The summed E-state index contributed by atoms with van der Waals surface area (Å²) in [4.78, 5) is 25.0. The molecule has 0 bridgehead atoms. The number of aryl methyl sites for hydroxylation is 2. The van der Waals surface area contributed by atoms with Crippen molar-refractivity contribution in [3.63, 3.8) is 0 Å². The van der Waals surface area contributed by atoms with Gasteiger partial charge in [-0.2, -0.15) is 0 Å². The van der Waals surface area contributed by atoms with Crippen LogP contribution in [0.25, 0.3) is 0 Å². The number of fused-ring (bicyclic) bond motifs is 2. The molecule has 0 spiro atoms. The normalized spacial score (nSPS) is 23.1. The Morgan fingerprint density at radius 3 is 1.88 bits per heavy atom. The van der Waals surface area contributed by atoms with E-state index >= 15 is 0 Å². The quantitative estimate of drug-likeness (QED) is 0.115. The minimum absolute atomic E-state index is 0. The third kappa shape index (κ3) is 13.0. The number of hydrogen-bond acceptors (Lipinski definition) is 9. The van der Waals surface area contributed by atoms with Crippen LogP contribution in [0.2, 0.25) is 0 Å². The fourth-order valence-electron chi connectivity index (χ4n) is 8.23. The second-order valence-electron chi connectivity index (χ2n) is 18.1. The predicted octanol–water partition coefficient (Wildman–Crippen LogP) is 12.8. The van der Waals surface area contributed by atoms with Gasteiger partial charge in [-0.3, -0.25) is 0 Å². The Balaban J connectivity index is 0.000000265. The van der Waals surface area contributed by atoms with Gasteiger partial charge in [0.1, 0.15) is 34.1 Å². The Labute approximate surface area is 360 Å². The first kappa shape index (κ1) is 49.9. The third-order valence-electron chi connectivity index (χ3n) is 11.4. The maximum atomic E-state index is 13.0. The number of allylic oxidation sites excluding steroid dienone is 5. The summed E-state index contributed by atoms with van der Waals surface area (Å²) in [5.74, 6) is -0.977. The molecule has 2 aliphatic heterocycles. The summed E-state index contributed by atoms with van der Waals surface area (Å²) in [7, 11) is 0. The summed E-state index contributed by atoms with van der Waals surface area (Å²) < 4.78 is 22.6. The molecule has 9 nitrogen and oxygen atoms in total. The number of aliphatic hydroxyl groups is 1. The topological polar surface area (TPSA) is 132 Å². The van der Waals surface area contributed by atoms with Gasteiger partial charge < -0.3 is 34.3 Å². The van der Waals surface area contributed by atoms with Crippen molar-refractivity contribution in [2.24, 2.45) is 11.8 Å². The van der Waals surface area contributed by atoms with Crippen molar-refractivity contribution in [1.29, 1.82) is 0 Å². The molecule has 6 rings (SSSR count). The second kappa shape index (κ2) is 20.8. The van der Waals surface area contributed by atoms with E-state index in [-0.39, 0.29) is 42.7 Å². The van der Waals surface area contributed by atoms with Gasteiger partial charge in [-0.1, -0.05) is 95.1 Å². The number of ether oxygens (including phenoxy) is 4. The second-order valence-corrected chi connectivity index (χ2v) is 18.1. The Kier molecular flexibility index (Phi) is 17.3. The summed E-state index contributed by atoms with van der Waals surface area (Å²) in [5, 5.41) is 30.4. The average molecular weight is 831 g/mol. The van der Waals surface area contributed by atoms with E-state index in [1.54, 1.807) is 39.8 Å². The number of carbonyl (C=O) groups is 2. The molecule has 0 saturated carbocycles. The first-order valence-corrected chi connectivity index (χ1v) is 21.6. The zero-order chi connectivity index (χ0) is 43.9. The molecule has 2 aromatic rings. The Bertz CT molecular complexity index is 1930. The molecule has 0 radical (unpaired) electrons. The largest absolute Gasteiger partial charge is 0.508 e. The van der Waals surface area contributed by atoms with Gasteiger partial charge in [0, 0.05) is 45.2 Å². The van der Waals surface area contributed by atoms with E-state index in [0.29, 0.717) is 40.5 Å². The van der Waals surface area contributed by atoms with Crippen molar-refractivity contribution >= 4 is 11.9 Å². The molecule has 0 saturated heterocycles. The lowest BCUT2D eigenvalue weighted by Crippen LogP contribution is -2.40. The summed E-state index contributed by atoms with van der Waals surface area (Å²) in [6, 6.07) is 4.85. The van der Waals surface area contributed by atoms with E-state index in [9.17, 15) is 24.9 Å². The summed E-state index contributed by atoms with van der Waals surface area (Å²) in [6.07, 6.45) is 17.7. The maximum absolute atomic E-state index is 13.0. The number of phenols is 2. The molecule has 0 aromatic heterocycles. The van der Waals surface area contributed by atoms with E-state index in [2.05, 4.69) is 46.1 Å². The van der Waals surface area contributed by atoms with Gasteiger partial charge in [0.2, 0.25) is 11.6 Å². The van der Waals surface area contributed by atoms with Gasteiger partial charge in [0.05, 0.1) is 5.60 Å². The number of unbranched alkanes of at least 4 members (excludes halogenated alkanes) is 4. The van der Waals surface area contributed by atoms with Crippen LogP contribution in [0.15, 0.2) is 66.3 Å². The molecule has 9 heteroatoms. The minimum atomic E-state index is -1.07. The highest BCUT2D eigenvalue weighted by molar-refractivity contribution is 5.97. The first-order chi connectivity index (χ1) is 27.6. The van der Waals surface area contributed by atoms with Crippen LogP contribution < -0.4 is 9.47 Å². The maximum Gasteiger partial charge on any atom is 0.345 e. The lowest BCUT2D eigenvalue weighted by Gasteiger charge is -2.37. The fraction of sp³-hybridized carbons (Fsp3) is 0.569. The van der Waals surface area contributed by atoms with Crippen LogP contribution in [0.1, 0.15) is 184 Å². The number of rotatable bonds is 11. The van der Waals surface area contributed by atoms with Crippen molar-refractivity contribution in [2.75, 3.05) is 0 Å². The molecular formula is C51H74O9. The van der Waals surface area contributed by atoms with Crippen LogP contribution in [0, 0.1) is 11.8 Å². The van der Waals surface area contributed by atoms with Gasteiger partial charge in [0.25, 0.3) is 0 Å². The highest BCUT2D eigenvalue weighted by atomic mass is 16.7. The van der Waals surface area contributed by atoms with Crippen LogP contribution in [-0.2, 0) is 22.3 Å². The fourth-order valence-corrected chi connectivity index (χ4v) is 8.23. The molecule has 0 fully saturated rings.